The normalized spacial score (nSPS) is 16.2. The quantitative estimate of drug-likeness (QED) is 0.0474. The number of alkyl halides is 1. The largest absolute Gasteiger partial charge is 0.444 e. The molecular weight excluding hydrogens is 989 g/mol. The molecule has 3 aliphatic heterocycles. The molecule has 5 aromatic rings. The molecule has 1 fully saturated rings. The highest BCUT2D eigenvalue weighted by atomic mass is 79.9. The molecule has 7 N–H and O–H groups in total. The van der Waals surface area contributed by atoms with Crippen molar-refractivity contribution in [3.63, 3.8) is 0 Å². The molecule has 4 heterocycles. The first kappa shape index (κ1) is 51.2. The van der Waals surface area contributed by atoms with Crippen LogP contribution in [0.15, 0.2) is 72.8 Å². The number of piperazine rings is 1. The molecule has 1 aromatic heterocycles. The molecule has 3 aliphatic rings. The van der Waals surface area contributed by atoms with Crippen molar-refractivity contribution in [1.29, 1.82) is 0 Å². The average molecular weight is 1050 g/mol. The van der Waals surface area contributed by atoms with E-state index in [0.29, 0.717) is 78.4 Å². The Morgan fingerprint density at radius 2 is 1.57 bits per heavy atom. The number of urea groups is 1. The van der Waals surface area contributed by atoms with Crippen LogP contribution in [0.3, 0.4) is 0 Å². The zero-order valence-electron chi connectivity index (χ0n) is 40.8. The van der Waals surface area contributed by atoms with Crippen LogP contribution in [0.4, 0.5) is 31.4 Å². The van der Waals surface area contributed by atoms with E-state index < -0.39 is 42.1 Å². The second-order valence-corrected chi connectivity index (χ2v) is 19.4. The van der Waals surface area contributed by atoms with Crippen LogP contribution < -0.4 is 41.5 Å². The third kappa shape index (κ3) is 11.3. The van der Waals surface area contributed by atoms with Gasteiger partial charge >= 0.3 is 18.2 Å². The summed E-state index contributed by atoms with van der Waals surface area (Å²) >= 11 is 3.70. The number of likely N-dealkylation sites (N-methyl/N-ethyl adjacent to an activating group) is 1. The summed E-state index contributed by atoms with van der Waals surface area (Å²) in [5.74, 6) is -1.39. The Balaban J connectivity index is 0.919. The Hall–Kier alpha value is -7.19. The van der Waals surface area contributed by atoms with Gasteiger partial charge in [-0.2, -0.15) is 0 Å². The number of nitrogens with zero attached hydrogens (tertiary/aromatic N) is 4. The molecule has 0 spiro atoms. The number of hydrogen-bond donors (Lipinski definition) is 6. The number of fused-ring (bicyclic) bond motifs is 6. The zero-order valence-corrected chi connectivity index (χ0v) is 42.4. The number of H-pyrrole nitrogens is 1. The predicted molar refractivity (Wildman–Crippen MR) is 278 cm³/mol. The minimum Gasteiger partial charge on any atom is -0.444 e. The number of aromatic nitrogens is 1. The van der Waals surface area contributed by atoms with Crippen molar-refractivity contribution < 1.29 is 43.0 Å². The van der Waals surface area contributed by atoms with Gasteiger partial charge in [-0.25, -0.2) is 14.4 Å². The van der Waals surface area contributed by atoms with E-state index in [-0.39, 0.29) is 49.6 Å². The van der Waals surface area contributed by atoms with Gasteiger partial charge in [-0.1, -0.05) is 73.1 Å². The first-order valence-corrected chi connectivity index (χ1v) is 25.5. The molecule has 4 aromatic carbocycles. The van der Waals surface area contributed by atoms with Gasteiger partial charge in [-0.3, -0.25) is 24.1 Å². The fourth-order valence-corrected chi connectivity index (χ4v) is 10.0. The Morgan fingerprint density at radius 3 is 2.26 bits per heavy atom. The molecule has 20 heteroatoms. The monoisotopic (exact) mass is 1050 g/mol. The summed E-state index contributed by atoms with van der Waals surface area (Å²) in [4.78, 5) is 102. The van der Waals surface area contributed by atoms with Gasteiger partial charge in [0.1, 0.15) is 30.1 Å². The Kier molecular flexibility index (Phi) is 16.0. The number of nitrogens with one attached hydrogen (secondary N) is 5. The summed E-state index contributed by atoms with van der Waals surface area (Å²) in [7, 11) is 2.03. The summed E-state index contributed by atoms with van der Waals surface area (Å²) in [6, 6.07) is 19.4. The average Bonchev–Trinajstić information content (AvgIpc) is 4.12. The molecule has 19 nitrogen and oxygen atoms in total. The smallest absolute Gasteiger partial charge is 0.415 e. The molecule has 3 atom stereocenters. The van der Waals surface area contributed by atoms with Crippen LogP contribution in [-0.2, 0) is 32.1 Å². The van der Waals surface area contributed by atoms with Gasteiger partial charge in [0, 0.05) is 91.5 Å². The first-order valence-electron chi connectivity index (χ1n) is 24.3. The van der Waals surface area contributed by atoms with E-state index in [4.69, 9.17) is 15.2 Å². The van der Waals surface area contributed by atoms with Crippen LogP contribution in [0.2, 0.25) is 0 Å². The van der Waals surface area contributed by atoms with Crippen molar-refractivity contribution in [3.05, 3.63) is 95.2 Å². The Morgan fingerprint density at radius 1 is 0.833 bits per heavy atom. The van der Waals surface area contributed by atoms with E-state index >= 15 is 0 Å². The first-order chi connectivity index (χ1) is 34.6. The summed E-state index contributed by atoms with van der Waals surface area (Å²) in [5.41, 5.74) is 10.7. The fourth-order valence-electron chi connectivity index (χ4n) is 9.52. The maximum absolute atomic E-state index is 14.6. The van der Waals surface area contributed by atoms with Crippen LogP contribution >= 0.6 is 15.9 Å². The van der Waals surface area contributed by atoms with Gasteiger partial charge in [0.05, 0.1) is 11.4 Å². The minimum atomic E-state index is -0.994. The van der Waals surface area contributed by atoms with Gasteiger partial charge in [0.25, 0.3) is 5.91 Å². The summed E-state index contributed by atoms with van der Waals surface area (Å²) in [5, 5.41) is 14.0. The molecule has 1 saturated heterocycles. The molecule has 0 bridgehead atoms. The van der Waals surface area contributed by atoms with Crippen molar-refractivity contribution in [3.8, 4) is 5.75 Å². The number of primary amides is 1. The van der Waals surface area contributed by atoms with E-state index in [1.54, 1.807) is 59.7 Å². The second kappa shape index (κ2) is 22.5. The summed E-state index contributed by atoms with van der Waals surface area (Å²) < 4.78 is 11.9. The van der Waals surface area contributed by atoms with Crippen LogP contribution in [-0.4, -0.2) is 127 Å². The van der Waals surface area contributed by atoms with E-state index in [1.807, 2.05) is 55.6 Å². The second-order valence-electron chi connectivity index (χ2n) is 18.8. The number of ether oxygens (including phenoxy) is 2. The lowest BCUT2D eigenvalue weighted by atomic mass is 9.95. The van der Waals surface area contributed by atoms with Crippen molar-refractivity contribution in [2.45, 2.75) is 71.1 Å². The number of nitrogens with two attached hydrogens (primary N) is 1. The van der Waals surface area contributed by atoms with Gasteiger partial charge in [-0.15, -0.1) is 0 Å². The molecule has 8 rings (SSSR count). The summed E-state index contributed by atoms with van der Waals surface area (Å²) in [6.45, 7) is 8.85. The number of benzene rings is 4. The van der Waals surface area contributed by atoms with E-state index in [9.17, 15) is 33.6 Å². The molecule has 0 radical (unpaired) electrons. The number of amides is 8. The molecule has 380 valence electrons. The Labute approximate surface area is 425 Å². The van der Waals surface area contributed by atoms with Crippen molar-refractivity contribution in [2.75, 3.05) is 73.3 Å². The van der Waals surface area contributed by atoms with Crippen LogP contribution in [0.1, 0.15) is 73.1 Å². The van der Waals surface area contributed by atoms with Crippen LogP contribution in [0.25, 0.3) is 21.7 Å². The lowest BCUT2D eigenvalue weighted by Crippen LogP contribution is -2.54. The highest BCUT2D eigenvalue weighted by Gasteiger charge is 2.37. The third-order valence-corrected chi connectivity index (χ3v) is 14.3. The van der Waals surface area contributed by atoms with Crippen molar-refractivity contribution in [1.82, 2.24) is 30.7 Å². The van der Waals surface area contributed by atoms with Crippen LogP contribution in [0.5, 0.6) is 5.75 Å². The molecular formula is C52H61BrN10O9. The summed E-state index contributed by atoms with van der Waals surface area (Å²) in [6.07, 6.45) is 0.294. The third-order valence-electron chi connectivity index (χ3n) is 13.5. The van der Waals surface area contributed by atoms with E-state index in [0.717, 1.165) is 45.9 Å². The van der Waals surface area contributed by atoms with Gasteiger partial charge in [0.15, 0.2) is 0 Å². The standard InChI is InChI=1S/C52H61BrN10O9/c1-5-44(64)59-46(30(2)3)48(66)58-39(11-8-19-55-50(54)68)47(65)56-33-14-12-31(13-15-33)29-71-52(70)62-20-18-34-37-25-40(57-38(37)16-17-41(34)62)49(67)63-28-32(27-53)45-36-10-7-6-9-35(36)43(26-42(45)63)72-51(69)61-23-21-60(4)22-24-61/h6-7,9-10,12-17,25-26,30,32,39,46,57H,5,8,11,18-24,27-29H2,1-4H3,(H,56,65)(H,58,66)(H,59,64)(H3,54,55,68)/t32-,39+,46+/m1/s1. The number of halogens is 1. The topological polar surface area (TPSA) is 241 Å². The van der Waals surface area contributed by atoms with Gasteiger partial charge in [0.2, 0.25) is 17.7 Å². The van der Waals surface area contributed by atoms with Gasteiger partial charge in [-0.05, 0) is 84.6 Å². The lowest BCUT2D eigenvalue weighted by Gasteiger charge is -2.31. The van der Waals surface area contributed by atoms with Crippen LogP contribution in [0, 0.1) is 5.92 Å². The molecule has 0 unspecified atom stereocenters. The SMILES string of the molecule is CCC(=O)N[C@H](C(=O)N[C@@H](CCCNC(N)=O)C(=O)Nc1ccc(COC(=O)N2CCc3c2ccc2[nH]c(C(=O)N4C[C@@H](CBr)c5c4cc(OC(=O)N4CCN(C)CC4)c4ccccc54)cc32)cc1)C(C)C. The molecule has 8 amide bonds. The number of anilines is 3. The zero-order chi connectivity index (χ0) is 51.2. The van der Waals surface area contributed by atoms with E-state index in [1.165, 1.54) is 0 Å². The molecule has 0 saturated carbocycles. The van der Waals surface area contributed by atoms with E-state index in [2.05, 4.69) is 47.1 Å². The number of aromatic amines is 1. The van der Waals surface area contributed by atoms with Gasteiger partial charge < -0.3 is 56.2 Å². The predicted octanol–water partition coefficient (Wildman–Crippen LogP) is 6.33. The lowest BCUT2D eigenvalue weighted by molar-refractivity contribution is -0.132. The molecule has 0 aliphatic carbocycles. The minimum absolute atomic E-state index is 0.0105. The number of rotatable bonds is 16. The highest BCUT2D eigenvalue weighted by Crippen LogP contribution is 2.46. The number of carbonyl (C=O) groups is 7. The van der Waals surface area contributed by atoms with Crippen molar-refractivity contribution >= 4 is 96.5 Å². The molecule has 72 heavy (non-hydrogen) atoms. The highest BCUT2D eigenvalue weighted by molar-refractivity contribution is 9.09. The number of hydrogen-bond acceptors (Lipinski definition) is 10. The maximum Gasteiger partial charge on any atom is 0.415 e. The van der Waals surface area contributed by atoms with Crippen molar-refractivity contribution in [2.24, 2.45) is 11.7 Å². The number of carbonyl (C=O) groups excluding carboxylic acids is 7. The maximum atomic E-state index is 14.6. The fraction of sp³-hybridized carbons (Fsp3) is 0.404. The Bertz CT molecular complexity index is 2880.